The van der Waals surface area contributed by atoms with Crippen molar-refractivity contribution in [3.05, 3.63) is 35.9 Å². The summed E-state index contributed by atoms with van der Waals surface area (Å²) in [6, 6.07) is -7.81. The number of likely N-dealkylation sites (N-methyl/N-ethyl adjacent to an activating group) is 7. The number of nitrogens with two attached hydrogens (primary N) is 1. The van der Waals surface area contributed by atoms with Gasteiger partial charge in [0.2, 0.25) is 65.0 Å². The number of ether oxygens (including phenoxy) is 1. The summed E-state index contributed by atoms with van der Waals surface area (Å²) in [5.74, 6) is -10.4. The predicted octanol–water partition coefficient (Wildman–Crippen LogP) is 4.33. The van der Waals surface area contributed by atoms with Gasteiger partial charge < -0.3 is 80.4 Å². The molecule has 13 atom stereocenters. The SMILES string of the molecule is C/C=C/C[C@@H](C)[C@@H](O)[C@H]1C(=O)N[C@@H](CC)C(=O)N(C)CC(=O)N(C)[C@@H]([C@@H](C)OCCC/C=N/OCc2ccc3oc(N)nc3c2)C(=O)N[C@@H](C(C)C)C(=O)N(C)[C@@H](CC(C)C)C(=O)N[C@@H](C)C(=O)N[C@H](C)C(=O)N(C)[C@@H](CC(C)C)C(=O)N(C)[C@@H](CC(C)C)C(=O)N(C)[C@@H](C(C)C)C(=O)N1C. The molecular weight excluding hydrogens is 1300 g/mol. The lowest BCUT2D eigenvalue weighted by atomic mass is 9.91. The molecule has 0 unspecified atom stereocenters. The molecule has 1 saturated heterocycles. The maximum absolute atomic E-state index is 15.3. The largest absolute Gasteiger partial charge is 0.424 e. The van der Waals surface area contributed by atoms with E-state index < -0.39 is 162 Å². The number of aliphatic hydroxyl groups excluding tert-OH is 1. The molecule has 0 bridgehead atoms. The highest BCUT2D eigenvalue weighted by Crippen LogP contribution is 2.26. The average molecular weight is 1420 g/mol. The molecule has 11 amide bonds. The fourth-order valence-corrected chi connectivity index (χ4v) is 12.3. The van der Waals surface area contributed by atoms with E-state index in [-0.39, 0.29) is 69.1 Å². The molecule has 29 nitrogen and oxygen atoms in total. The Morgan fingerprint density at radius 1 is 0.624 bits per heavy atom. The number of hydrogen-bond acceptors (Lipinski definition) is 18. The van der Waals surface area contributed by atoms with Crippen LogP contribution in [0.2, 0.25) is 0 Å². The molecule has 101 heavy (non-hydrogen) atoms. The molecule has 1 aliphatic rings. The first-order valence-corrected chi connectivity index (χ1v) is 35.4. The first-order chi connectivity index (χ1) is 47.1. The molecule has 0 spiro atoms. The number of aliphatic hydroxyl groups is 1. The summed E-state index contributed by atoms with van der Waals surface area (Å²) in [6.45, 7) is 27.0. The van der Waals surface area contributed by atoms with Gasteiger partial charge in [0.15, 0.2) is 5.58 Å². The zero-order chi connectivity index (χ0) is 76.8. The highest BCUT2D eigenvalue weighted by atomic mass is 16.6. The van der Waals surface area contributed by atoms with Crippen LogP contribution in [0.15, 0.2) is 39.9 Å². The molecule has 1 aromatic carbocycles. The highest BCUT2D eigenvalue weighted by molar-refractivity contribution is 6.00. The van der Waals surface area contributed by atoms with Gasteiger partial charge in [-0.25, -0.2) is 0 Å². The molecule has 1 aromatic heterocycles. The number of unbranched alkanes of at least 4 members (excludes halogenated alkanes) is 1. The van der Waals surface area contributed by atoms with Gasteiger partial charge >= 0.3 is 0 Å². The van der Waals surface area contributed by atoms with Crippen molar-refractivity contribution in [2.24, 2.45) is 40.7 Å². The number of oxazole rings is 1. The maximum atomic E-state index is 15.3. The molecule has 7 N–H and O–H groups in total. The van der Waals surface area contributed by atoms with Crippen molar-refractivity contribution in [3.63, 3.8) is 0 Å². The van der Waals surface area contributed by atoms with E-state index in [9.17, 15) is 38.7 Å². The number of nitrogens with one attached hydrogen (secondary N) is 4. The number of benzene rings is 1. The van der Waals surface area contributed by atoms with Crippen LogP contribution >= 0.6 is 0 Å². The fraction of sp³-hybridized carbons (Fsp3) is 0.708. The molecule has 0 saturated carbocycles. The standard InChI is InChI=1S/C72H120N14O15/c1-24-26-29-45(13)61(88)60-65(92)77-50(25-2)67(94)80(17)38-56(87)84(21)59(48(16)99-33-28-27-32-74-100-39-49-30-31-55-51(37-49)78-72(73)101-55)64(91)79-57(43(9)10)70(97)81(18)52(34-40(3)4)63(90)75-46(14)62(89)76-47(15)66(93)82(19)53(35-41(5)6)68(95)83(20)54(36-42(7)8)69(96)85(22)58(44(11)12)71(98)86(60)23/h24,26,30-32,37,40-48,50,52-54,57-61,88H,25,27-29,33-36,38-39H2,1-23H3,(H2,73,78)(H,75,90)(H,76,89)(H,77,92)(H,79,91)/b26-24+,74-32+/t45-,46+,47-,48-,50+,52+,53+,54+,57+,58+,59+,60+,61-/m1/s1. The average Bonchev–Trinajstić information content (AvgIpc) is 1.41. The van der Waals surface area contributed by atoms with Gasteiger partial charge in [0.05, 0.1) is 18.8 Å². The van der Waals surface area contributed by atoms with Crippen molar-refractivity contribution in [1.29, 1.82) is 0 Å². The van der Waals surface area contributed by atoms with Crippen LogP contribution in [-0.2, 0) is 68.9 Å². The van der Waals surface area contributed by atoms with Gasteiger partial charge in [0.1, 0.15) is 72.5 Å². The maximum Gasteiger partial charge on any atom is 0.292 e. The summed E-state index contributed by atoms with van der Waals surface area (Å²) in [5, 5.41) is 27.3. The van der Waals surface area contributed by atoms with Crippen molar-refractivity contribution in [3.8, 4) is 0 Å². The lowest BCUT2D eigenvalue weighted by molar-refractivity contribution is -0.157. The second-order valence-electron chi connectivity index (χ2n) is 29.0. The van der Waals surface area contributed by atoms with Crippen LogP contribution in [0, 0.1) is 35.5 Å². The first kappa shape index (κ1) is 87.0. The van der Waals surface area contributed by atoms with Gasteiger partial charge in [0, 0.05) is 62.2 Å². The summed E-state index contributed by atoms with van der Waals surface area (Å²) < 4.78 is 11.6. The van der Waals surface area contributed by atoms with Gasteiger partial charge in [-0.3, -0.25) is 52.7 Å². The van der Waals surface area contributed by atoms with Crippen LogP contribution in [0.4, 0.5) is 6.01 Å². The third-order valence-corrected chi connectivity index (χ3v) is 18.4. The van der Waals surface area contributed by atoms with Crippen molar-refractivity contribution in [1.82, 2.24) is 60.6 Å². The number of allylic oxidation sites excluding steroid dienone is 2. The lowest BCUT2D eigenvalue weighted by Gasteiger charge is -2.41. The number of oxime groups is 1. The monoisotopic (exact) mass is 1420 g/mol. The highest BCUT2D eigenvalue weighted by Gasteiger charge is 2.46. The van der Waals surface area contributed by atoms with E-state index in [2.05, 4.69) is 31.4 Å². The third-order valence-electron chi connectivity index (χ3n) is 18.4. The minimum absolute atomic E-state index is 0.0284. The first-order valence-electron chi connectivity index (χ1n) is 35.4. The Balaban J connectivity index is 2.24. The number of rotatable bonds is 22. The van der Waals surface area contributed by atoms with Crippen molar-refractivity contribution in [2.45, 2.75) is 235 Å². The number of aromatic nitrogens is 1. The van der Waals surface area contributed by atoms with Crippen molar-refractivity contribution >= 4 is 88.3 Å². The number of amides is 11. The minimum atomic E-state index is -1.66. The molecule has 2 heterocycles. The van der Waals surface area contributed by atoms with Crippen LogP contribution in [0.1, 0.15) is 161 Å². The number of carbonyl (C=O) groups excluding carboxylic acids is 11. The minimum Gasteiger partial charge on any atom is -0.424 e. The molecule has 0 radical (unpaired) electrons. The normalized spacial score (nSPS) is 24.9. The Bertz CT molecular complexity index is 3190. The number of carbonyl (C=O) groups is 11. The van der Waals surface area contributed by atoms with Crippen molar-refractivity contribution < 1.29 is 71.8 Å². The molecule has 2 aromatic rings. The van der Waals surface area contributed by atoms with Gasteiger partial charge in [0.25, 0.3) is 6.01 Å². The molecule has 29 heteroatoms. The smallest absolute Gasteiger partial charge is 0.292 e. The van der Waals surface area contributed by atoms with Gasteiger partial charge in [-0.2, -0.15) is 4.98 Å². The summed E-state index contributed by atoms with van der Waals surface area (Å²) >= 11 is 0. The number of hydrogen-bond donors (Lipinski definition) is 6. The number of nitrogen functional groups attached to an aromatic ring is 1. The molecule has 3 rings (SSSR count). The topological polar surface area (TPSA) is 362 Å². The van der Waals surface area contributed by atoms with E-state index in [0.29, 0.717) is 23.9 Å². The molecule has 1 aliphatic heterocycles. The lowest BCUT2D eigenvalue weighted by Crippen LogP contribution is -2.63. The third kappa shape index (κ3) is 24.5. The Labute approximate surface area is 598 Å². The zero-order valence-corrected chi connectivity index (χ0v) is 64.2. The van der Waals surface area contributed by atoms with Gasteiger partial charge in [-0.15, -0.1) is 0 Å². The summed E-state index contributed by atoms with van der Waals surface area (Å²) in [7, 11) is 9.74. The predicted molar refractivity (Wildman–Crippen MR) is 385 cm³/mol. The van der Waals surface area contributed by atoms with E-state index in [4.69, 9.17) is 19.7 Å². The number of nitrogens with zero attached hydrogens (tertiary/aromatic N) is 9. The quantitative estimate of drug-likeness (QED) is 0.0413. The molecular formula is C72H120N14O15. The van der Waals surface area contributed by atoms with E-state index in [1.807, 2.05) is 41.5 Å². The van der Waals surface area contributed by atoms with E-state index in [0.717, 1.165) is 20.3 Å². The van der Waals surface area contributed by atoms with Gasteiger partial charge in [-0.1, -0.05) is 106 Å². The van der Waals surface area contributed by atoms with E-state index >= 15 is 19.2 Å². The van der Waals surface area contributed by atoms with Crippen LogP contribution in [0.3, 0.4) is 0 Å². The molecule has 0 aliphatic carbocycles. The zero-order valence-electron chi connectivity index (χ0n) is 64.2. The van der Waals surface area contributed by atoms with Crippen LogP contribution in [0.25, 0.3) is 11.1 Å². The van der Waals surface area contributed by atoms with Crippen LogP contribution in [0.5, 0.6) is 0 Å². The van der Waals surface area contributed by atoms with Crippen LogP contribution in [-0.4, -0.2) is 251 Å². The number of anilines is 1. The Kier molecular flexibility index (Phi) is 34.8. The second kappa shape index (κ2) is 40.4. The van der Waals surface area contributed by atoms with E-state index in [1.165, 1.54) is 82.8 Å². The molecule has 1 fully saturated rings. The van der Waals surface area contributed by atoms with Gasteiger partial charge in [-0.05, 0) is 126 Å². The van der Waals surface area contributed by atoms with Crippen LogP contribution < -0.4 is 27.0 Å². The summed E-state index contributed by atoms with van der Waals surface area (Å²) in [4.78, 5) is 181. The summed E-state index contributed by atoms with van der Waals surface area (Å²) in [5.41, 5.74) is 7.56. The Morgan fingerprint density at radius 2 is 1.16 bits per heavy atom. The van der Waals surface area contributed by atoms with E-state index in [1.54, 1.807) is 92.0 Å². The Morgan fingerprint density at radius 3 is 1.71 bits per heavy atom. The van der Waals surface area contributed by atoms with Crippen molar-refractivity contribution in [2.75, 3.05) is 68.2 Å². The Hall–Kier alpha value is -8.21. The summed E-state index contributed by atoms with van der Waals surface area (Å²) in [6.07, 6.45) is 3.88. The second-order valence-corrected chi connectivity index (χ2v) is 29.0. The number of fused-ring (bicyclic) bond motifs is 1. The fourth-order valence-electron chi connectivity index (χ4n) is 12.3. The molecule has 568 valence electrons.